The molecule has 3 N–H and O–H groups in total. The number of halogens is 1. The highest BCUT2D eigenvalue weighted by Gasteiger charge is 2.23. The summed E-state index contributed by atoms with van der Waals surface area (Å²) < 4.78 is 11.3. The van der Waals surface area contributed by atoms with Gasteiger partial charge in [0.2, 0.25) is 0 Å². The molecule has 1 aliphatic rings. The highest BCUT2D eigenvalue weighted by atomic mass is 35.5. The Kier molecular flexibility index (Phi) is 10.1. The van der Waals surface area contributed by atoms with Crippen LogP contribution in [-0.2, 0) is 16.1 Å². The molecule has 6 heteroatoms. The minimum atomic E-state index is -0.666. The van der Waals surface area contributed by atoms with Crippen LogP contribution >= 0.6 is 0 Å². The zero-order valence-corrected chi connectivity index (χ0v) is 18.3. The van der Waals surface area contributed by atoms with Gasteiger partial charge >= 0.3 is 5.97 Å². The third-order valence-corrected chi connectivity index (χ3v) is 5.47. The number of nitrogens with two attached hydrogens (primary N) is 1. The summed E-state index contributed by atoms with van der Waals surface area (Å²) in [5.74, 6) is 0.568. The molecule has 2 unspecified atom stereocenters. The van der Waals surface area contributed by atoms with Gasteiger partial charge in [0.05, 0.1) is 0 Å². The normalized spacial score (nSPS) is 16.2. The molecule has 0 radical (unpaired) electrons. The Morgan fingerprint density at radius 2 is 1.73 bits per heavy atom. The molecule has 2 aromatic rings. The van der Waals surface area contributed by atoms with Gasteiger partial charge in [-0.15, -0.1) is 0 Å². The SMILES string of the molecule is CC([NH2+]CC(=O)OC1CCCCC1)C(O)c1ccc(OCc2ccccc2)cc1.[Cl-]. The number of benzene rings is 2. The lowest BCUT2D eigenvalue weighted by Gasteiger charge is -2.22. The second kappa shape index (κ2) is 12.6. The van der Waals surface area contributed by atoms with Crippen molar-refractivity contribution in [2.45, 2.75) is 63.9 Å². The monoisotopic (exact) mass is 433 g/mol. The molecule has 0 amide bonds. The molecule has 2 atom stereocenters. The lowest BCUT2D eigenvalue weighted by atomic mass is 9.98. The van der Waals surface area contributed by atoms with Crippen molar-refractivity contribution in [2.75, 3.05) is 6.54 Å². The van der Waals surface area contributed by atoms with Gasteiger partial charge in [-0.3, -0.25) is 0 Å². The molecule has 1 aliphatic carbocycles. The minimum Gasteiger partial charge on any atom is -1.00 e. The third kappa shape index (κ3) is 7.63. The molecule has 164 valence electrons. The van der Waals surface area contributed by atoms with E-state index in [1.807, 2.05) is 66.8 Å². The molecule has 30 heavy (non-hydrogen) atoms. The van der Waals surface area contributed by atoms with Crippen molar-refractivity contribution in [2.24, 2.45) is 0 Å². The molecule has 1 saturated carbocycles. The summed E-state index contributed by atoms with van der Waals surface area (Å²) in [6.07, 6.45) is 4.88. The highest BCUT2D eigenvalue weighted by Crippen LogP contribution is 2.21. The fourth-order valence-electron chi connectivity index (χ4n) is 3.63. The second-order valence-corrected chi connectivity index (χ2v) is 7.84. The smallest absolute Gasteiger partial charge is 0.361 e. The maximum atomic E-state index is 12.1. The van der Waals surface area contributed by atoms with Crippen LogP contribution in [0.4, 0.5) is 0 Å². The largest absolute Gasteiger partial charge is 1.00 e. The summed E-state index contributed by atoms with van der Waals surface area (Å²) in [6.45, 7) is 2.65. The Labute approximate surface area is 185 Å². The minimum absolute atomic E-state index is 0. The van der Waals surface area contributed by atoms with Gasteiger partial charge in [0.1, 0.15) is 30.6 Å². The summed E-state index contributed by atoms with van der Waals surface area (Å²) in [5, 5.41) is 12.4. The third-order valence-electron chi connectivity index (χ3n) is 5.47. The summed E-state index contributed by atoms with van der Waals surface area (Å²) in [5.41, 5.74) is 1.92. The van der Waals surface area contributed by atoms with Gasteiger partial charge in [-0.05, 0) is 55.9 Å². The van der Waals surface area contributed by atoms with Crippen LogP contribution in [0, 0.1) is 0 Å². The van der Waals surface area contributed by atoms with E-state index in [0.717, 1.165) is 42.6 Å². The number of hydrogen-bond acceptors (Lipinski definition) is 4. The number of carbonyl (C=O) groups is 1. The molecule has 0 heterocycles. The Bertz CT molecular complexity index is 748. The maximum Gasteiger partial charge on any atom is 0.361 e. The van der Waals surface area contributed by atoms with E-state index in [1.165, 1.54) is 6.42 Å². The van der Waals surface area contributed by atoms with Gasteiger partial charge in [-0.2, -0.15) is 0 Å². The van der Waals surface area contributed by atoms with Crippen molar-refractivity contribution in [1.29, 1.82) is 0 Å². The van der Waals surface area contributed by atoms with Crippen molar-refractivity contribution in [1.82, 2.24) is 0 Å². The lowest BCUT2D eigenvalue weighted by molar-refractivity contribution is -0.685. The van der Waals surface area contributed by atoms with E-state index in [9.17, 15) is 9.90 Å². The van der Waals surface area contributed by atoms with E-state index >= 15 is 0 Å². The molecular formula is C24H32ClNO4. The number of hydrogen-bond donors (Lipinski definition) is 2. The predicted molar refractivity (Wildman–Crippen MR) is 111 cm³/mol. The van der Waals surface area contributed by atoms with Crippen LogP contribution in [-0.4, -0.2) is 29.8 Å². The highest BCUT2D eigenvalue weighted by molar-refractivity contribution is 5.70. The van der Waals surface area contributed by atoms with Gasteiger partial charge in [-0.1, -0.05) is 48.9 Å². The van der Waals surface area contributed by atoms with E-state index < -0.39 is 6.10 Å². The first-order chi connectivity index (χ1) is 14.1. The van der Waals surface area contributed by atoms with Crippen LogP contribution in [0.5, 0.6) is 5.75 Å². The van der Waals surface area contributed by atoms with Crippen molar-refractivity contribution >= 4 is 5.97 Å². The van der Waals surface area contributed by atoms with Gasteiger partial charge in [0.15, 0.2) is 6.54 Å². The molecule has 5 nitrogen and oxygen atoms in total. The molecule has 0 spiro atoms. The molecule has 0 bridgehead atoms. The van der Waals surface area contributed by atoms with Crippen molar-refractivity contribution < 1.29 is 37.1 Å². The first kappa shape index (κ1) is 24.2. The number of aliphatic hydroxyl groups excluding tert-OH is 1. The van der Waals surface area contributed by atoms with Crippen molar-refractivity contribution in [3.05, 3.63) is 65.7 Å². The Morgan fingerprint density at radius 1 is 1.07 bits per heavy atom. The van der Waals surface area contributed by atoms with E-state index in [4.69, 9.17) is 9.47 Å². The first-order valence-electron chi connectivity index (χ1n) is 10.6. The Hall–Kier alpha value is -2.08. The summed E-state index contributed by atoms with van der Waals surface area (Å²) >= 11 is 0. The number of quaternary nitrogens is 1. The average Bonchev–Trinajstić information content (AvgIpc) is 2.77. The first-order valence-corrected chi connectivity index (χ1v) is 10.6. The molecular weight excluding hydrogens is 402 g/mol. The number of rotatable bonds is 9. The standard InChI is InChI=1S/C24H31NO4.ClH/c1-18(25-16-23(26)29-22-10-6-3-7-11-22)24(27)20-12-14-21(15-13-20)28-17-19-8-4-2-5-9-19;/h2,4-5,8-9,12-15,18,22,24-25,27H,3,6-7,10-11,16-17H2,1H3;1H. The van der Waals surface area contributed by atoms with E-state index in [0.29, 0.717) is 6.61 Å². The van der Waals surface area contributed by atoms with Gasteiger partial charge in [0, 0.05) is 0 Å². The van der Waals surface area contributed by atoms with Crippen LogP contribution in [0.25, 0.3) is 0 Å². The van der Waals surface area contributed by atoms with E-state index in [2.05, 4.69) is 0 Å². The van der Waals surface area contributed by atoms with Crippen LogP contribution in [0.1, 0.15) is 56.3 Å². The average molecular weight is 434 g/mol. The summed E-state index contributed by atoms with van der Waals surface area (Å²) in [6, 6.07) is 17.3. The Morgan fingerprint density at radius 3 is 2.40 bits per heavy atom. The number of ether oxygens (including phenoxy) is 2. The topological polar surface area (TPSA) is 72.4 Å². The van der Waals surface area contributed by atoms with Crippen molar-refractivity contribution in [3.8, 4) is 5.75 Å². The molecule has 0 aromatic heterocycles. The van der Waals surface area contributed by atoms with Crippen molar-refractivity contribution in [3.63, 3.8) is 0 Å². The quantitative estimate of drug-likeness (QED) is 0.551. The molecule has 3 rings (SSSR count). The fraction of sp³-hybridized carbons (Fsp3) is 0.458. The van der Waals surface area contributed by atoms with Gasteiger partial charge < -0.3 is 32.3 Å². The van der Waals surface area contributed by atoms with Crippen LogP contribution in [0.2, 0.25) is 0 Å². The maximum absolute atomic E-state index is 12.1. The lowest BCUT2D eigenvalue weighted by Crippen LogP contribution is -3.00. The van der Waals surface area contributed by atoms with Crippen LogP contribution < -0.4 is 22.5 Å². The molecule has 1 fully saturated rings. The number of esters is 1. The van der Waals surface area contributed by atoms with Gasteiger partial charge in [-0.25, -0.2) is 4.79 Å². The fourth-order valence-corrected chi connectivity index (χ4v) is 3.63. The number of aliphatic hydroxyl groups is 1. The zero-order valence-electron chi connectivity index (χ0n) is 17.5. The number of carbonyl (C=O) groups excluding carboxylic acids is 1. The molecule has 2 aromatic carbocycles. The molecule has 0 aliphatic heterocycles. The van der Waals surface area contributed by atoms with Crippen LogP contribution in [0.15, 0.2) is 54.6 Å². The summed E-state index contributed by atoms with van der Waals surface area (Å²) in [7, 11) is 0. The predicted octanol–water partition coefficient (Wildman–Crippen LogP) is 0.131. The Balaban J connectivity index is 0.00000320. The van der Waals surface area contributed by atoms with Crippen LogP contribution in [0.3, 0.4) is 0 Å². The van der Waals surface area contributed by atoms with E-state index in [-0.39, 0.29) is 37.1 Å². The van der Waals surface area contributed by atoms with E-state index in [1.54, 1.807) is 0 Å². The second-order valence-electron chi connectivity index (χ2n) is 7.84. The van der Waals surface area contributed by atoms with Gasteiger partial charge in [0.25, 0.3) is 0 Å². The molecule has 0 saturated heterocycles. The zero-order chi connectivity index (χ0) is 20.5. The summed E-state index contributed by atoms with van der Waals surface area (Å²) in [4.78, 5) is 12.1.